The van der Waals surface area contributed by atoms with Crippen molar-refractivity contribution in [2.45, 2.75) is 25.9 Å². The van der Waals surface area contributed by atoms with Crippen LogP contribution in [0.1, 0.15) is 18.9 Å². The normalized spacial score (nSPS) is 19.6. The van der Waals surface area contributed by atoms with Crippen molar-refractivity contribution in [3.8, 4) is 5.75 Å². The predicted octanol–water partition coefficient (Wildman–Crippen LogP) is 0.344. The van der Waals surface area contributed by atoms with Crippen LogP contribution in [-0.2, 0) is 20.9 Å². The van der Waals surface area contributed by atoms with Crippen molar-refractivity contribution in [1.82, 2.24) is 20.4 Å². The number of hydrogen-bond acceptors (Lipinski definition) is 6. The van der Waals surface area contributed by atoms with E-state index in [1.54, 1.807) is 4.90 Å². The van der Waals surface area contributed by atoms with Crippen molar-refractivity contribution in [2.24, 2.45) is 0 Å². The van der Waals surface area contributed by atoms with Crippen molar-refractivity contribution in [2.75, 3.05) is 45.9 Å². The Morgan fingerprint density at radius 3 is 2.90 bits per heavy atom. The Balaban J connectivity index is 1.56. The molecule has 0 bridgehead atoms. The van der Waals surface area contributed by atoms with Crippen LogP contribution >= 0.6 is 0 Å². The molecule has 1 aromatic rings. The maximum atomic E-state index is 12.4. The fraction of sp³-hybridized carbons (Fsp3) is 0.550. The molecule has 0 saturated carbocycles. The first kappa shape index (κ1) is 20.9. The van der Waals surface area contributed by atoms with Gasteiger partial charge in [-0.15, -0.1) is 0 Å². The maximum Gasteiger partial charge on any atom is 0.409 e. The fourth-order valence-electron chi connectivity index (χ4n) is 3.53. The number of nitrogens with one attached hydrogen (secondary N) is 2. The molecule has 3 rings (SSSR count). The van der Waals surface area contributed by atoms with Crippen LogP contribution in [0.2, 0.25) is 0 Å². The van der Waals surface area contributed by atoms with Crippen molar-refractivity contribution >= 4 is 17.9 Å². The van der Waals surface area contributed by atoms with Gasteiger partial charge in [0.1, 0.15) is 12.4 Å². The Kier molecular flexibility index (Phi) is 7.29. The summed E-state index contributed by atoms with van der Waals surface area (Å²) in [5.41, 5.74) is 0.988. The van der Waals surface area contributed by atoms with Gasteiger partial charge < -0.3 is 25.0 Å². The molecule has 2 N–H and O–H groups in total. The van der Waals surface area contributed by atoms with Crippen LogP contribution in [0.15, 0.2) is 24.3 Å². The van der Waals surface area contributed by atoms with E-state index < -0.39 is 6.04 Å². The summed E-state index contributed by atoms with van der Waals surface area (Å²) in [5.74, 6) is 0.424. The highest BCUT2D eigenvalue weighted by Crippen LogP contribution is 2.22. The molecule has 0 spiro atoms. The molecule has 1 unspecified atom stereocenters. The van der Waals surface area contributed by atoms with Gasteiger partial charge in [0.15, 0.2) is 0 Å². The number of hydrogen-bond donors (Lipinski definition) is 2. The van der Waals surface area contributed by atoms with Crippen LogP contribution in [0.25, 0.3) is 0 Å². The first-order valence-corrected chi connectivity index (χ1v) is 9.99. The molecule has 2 aliphatic heterocycles. The average Bonchev–Trinajstić information content (AvgIpc) is 3.11. The number of benzene rings is 1. The van der Waals surface area contributed by atoms with Crippen LogP contribution < -0.4 is 15.4 Å². The molecule has 9 heteroatoms. The minimum Gasteiger partial charge on any atom is -0.494 e. The highest BCUT2D eigenvalue weighted by Gasteiger charge is 2.32. The molecule has 2 heterocycles. The first-order chi connectivity index (χ1) is 14.1. The predicted molar refractivity (Wildman–Crippen MR) is 105 cm³/mol. The molecule has 2 saturated heterocycles. The largest absolute Gasteiger partial charge is 0.494 e. The first-order valence-electron chi connectivity index (χ1n) is 9.99. The number of carbonyl (C=O) groups excluding carboxylic acids is 3. The third-order valence-corrected chi connectivity index (χ3v) is 5.02. The molecule has 1 aromatic carbocycles. The van der Waals surface area contributed by atoms with E-state index in [9.17, 15) is 14.4 Å². The smallest absolute Gasteiger partial charge is 0.409 e. The second-order valence-electron chi connectivity index (χ2n) is 6.97. The zero-order valence-electron chi connectivity index (χ0n) is 16.7. The lowest BCUT2D eigenvalue weighted by Crippen LogP contribution is -2.56. The molecule has 9 nitrogen and oxygen atoms in total. The van der Waals surface area contributed by atoms with Crippen LogP contribution in [-0.4, -0.2) is 79.7 Å². The fourth-order valence-corrected chi connectivity index (χ4v) is 3.53. The number of cyclic esters (lactones) is 1. The molecular weight excluding hydrogens is 376 g/mol. The molecule has 1 atom stereocenters. The molecule has 3 amide bonds. The minimum atomic E-state index is -0.546. The van der Waals surface area contributed by atoms with Crippen molar-refractivity contribution in [1.29, 1.82) is 0 Å². The number of rotatable bonds is 9. The topological polar surface area (TPSA) is 100 Å². The monoisotopic (exact) mass is 404 g/mol. The van der Waals surface area contributed by atoms with Crippen molar-refractivity contribution < 1.29 is 23.9 Å². The van der Waals surface area contributed by atoms with E-state index in [2.05, 4.69) is 10.6 Å². The number of nitrogens with zero attached hydrogens (tertiary/aromatic N) is 2. The Hall–Kier alpha value is -2.81. The zero-order chi connectivity index (χ0) is 20.6. The summed E-state index contributed by atoms with van der Waals surface area (Å²) >= 11 is 0. The zero-order valence-corrected chi connectivity index (χ0v) is 16.7. The van der Waals surface area contributed by atoms with Gasteiger partial charge in [-0.05, 0) is 13.0 Å². The van der Waals surface area contributed by atoms with Crippen molar-refractivity contribution in [3.05, 3.63) is 29.8 Å². The minimum absolute atomic E-state index is 0.0626. The second kappa shape index (κ2) is 10.1. The van der Waals surface area contributed by atoms with E-state index in [1.807, 2.05) is 36.1 Å². The Morgan fingerprint density at radius 1 is 1.31 bits per heavy atom. The summed E-state index contributed by atoms with van der Waals surface area (Å²) in [6, 6.07) is 7.19. The summed E-state index contributed by atoms with van der Waals surface area (Å²) in [6.07, 6.45) is -0.294. The number of piperazine rings is 1. The van der Waals surface area contributed by atoms with Gasteiger partial charge in [-0.2, -0.15) is 0 Å². The van der Waals surface area contributed by atoms with E-state index in [0.29, 0.717) is 52.5 Å². The highest BCUT2D eigenvalue weighted by atomic mass is 16.6. The third kappa shape index (κ3) is 5.60. The Morgan fingerprint density at radius 2 is 2.14 bits per heavy atom. The van der Waals surface area contributed by atoms with Gasteiger partial charge in [0, 0.05) is 38.3 Å². The summed E-state index contributed by atoms with van der Waals surface area (Å²) < 4.78 is 10.5. The SMILES string of the molecule is CCOc1ccccc1CN1CCNC(=O)C1CC(=O)NCCN1CCOC1=O. The van der Waals surface area contributed by atoms with Crippen LogP contribution in [0.4, 0.5) is 4.79 Å². The number of amides is 3. The van der Waals surface area contributed by atoms with Gasteiger partial charge in [-0.25, -0.2) is 4.79 Å². The Bertz CT molecular complexity index is 741. The molecule has 29 heavy (non-hydrogen) atoms. The van der Waals surface area contributed by atoms with E-state index in [-0.39, 0.29) is 24.3 Å². The van der Waals surface area contributed by atoms with Crippen LogP contribution in [0.3, 0.4) is 0 Å². The van der Waals surface area contributed by atoms with Gasteiger partial charge in [-0.1, -0.05) is 18.2 Å². The summed E-state index contributed by atoms with van der Waals surface area (Å²) in [6.45, 7) is 5.87. The lowest BCUT2D eigenvalue weighted by molar-refractivity contribution is -0.134. The van der Waals surface area contributed by atoms with Gasteiger partial charge in [0.2, 0.25) is 11.8 Å². The number of ether oxygens (including phenoxy) is 2. The quantitative estimate of drug-likeness (QED) is 0.616. The summed E-state index contributed by atoms with van der Waals surface area (Å²) in [4.78, 5) is 39.8. The highest BCUT2D eigenvalue weighted by molar-refractivity contribution is 5.88. The lowest BCUT2D eigenvalue weighted by atomic mass is 10.1. The van der Waals surface area contributed by atoms with Gasteiger partial charge >= 0.3 is 6.09 Å². The van der Waals surface area contributed by atoms with Gasteiger partial charge in [0.05, 0.1) is 25.6 Å². The summed E-state index contributed by atoms with van der Waals surface area (Å²) in [7, 11) is 0. The molecule has 0 aromatic heterocycles. The molecular formula is C20H28N4O5. The number of para-hydroxylation sites is 1. The van der Waals surface area contributed by atoms with Crippen molar-refractivity contribution in [3.63, 3.8) is 0 Å². The molecule has 2 fully saturated rings. The molecule has 0 aliphatic carbocycles. The van der Waals surface area contributed by atoms with Crippen LogP contribution in [0, 0.1) is 0 Å². The van der Waals surface area contributed by atoms with Gasteiger partial charge in [-0.3, -0.25) is 14.5 Å². The maximum absolute atomic E-state index is 12.4. The number of carbonyl (C=O) groups is 3. The Labute approximate surface area is 170 Å². The van der Waals surface area contributed by atoms with E-state index >= 15 is 0 Å². The lowest BCUT2D eigenvalue weighted by Gasteiger charge is -2.35. The average molecular weight is 404 g/mol. The molecule has 2 aliphatic rings. The van der Waals surface area contributed by atoms with Gasteiger partial charge in [0.25, 0.3) is 0 Å². The van der Waals surface area contributed by atoms with E-state index in [4.69, 9.17) is 9.47 Å². The third-order valence-electron chi connectivity index (χ3n) is 5.02. The van der Waals surface area contributed by atoms with E-state index in [1.165, 1.54) is 0 Å². The molecule has 158 valence electrons. The molecule has 0 radical (unpaired) electrons. The summed E-state index contributed by atoms with van der Waals surface area (Å²) in [5, 5.41) is 5.63. The van der Waals surface area contributed by atoms with Crippen LogP contribution in [0.5, 0.6) is 5.75 Å². The second-order valence-corrected chi connectivity index (χ2v) is 6.97. The standard InChI is InChI=1S/C20H28N4O5/c1-2-28-17-6-4-3-5-15(17)14-24-10-8-22-19(26)16(24)13-18(25)21-7-9-23-11-12-29-20(23)27/h3-6,16H,2,7-14H2,1H3,(H,21,25)(H,22,26). The van der Waals surface area contributed by atoms with E-state index in [0.717, 1.165) is 11.3 Å².